The molecule has 1 N–H and O–H groups in total. The minimum Gasteiger partial charge on any atom is -0.307 e. The second kappa shape index (κ2) is 8.97. The normalized spacial score (nSPS) is 20.2. The first kappa shape index (κ1) is 17.1. The molecule has 0 spiro atoms. The van der Waals surface area contributed by atoms with E-state index in [1.165, 1.54) is 49.7 Å². The van der Waals surface area contributed by atoms with E-state index in [4.69, 9.17) is 11.6 Å². The van der Waals surface area contributed by atoms with Gasteiger partial charge in [-0.05, 0) is 62.4 Å². The van der Waals surface area contributed by atoms with Gasteiger partial charge in [-0.2, -0.15) is 0 Å². The second-order valence-corrected chi connectivity index (χ2v) is 7.17. The van der Waals surface area contributed by atoms with Crippen molar-refractivity contribution in [2.75, 3.05) is 6.54 Å². The maximum absolute atomic E-state index is 6.25. The molecule has 1 aliphatic carbocycles. The van der Waals surface area contributed by atoms with Crippen molar-refractivity contribution in [1.82, 2.24) is 5.32 Å². The van der Waals surface area contributed by atoms with Gasteiger partial charge in [0, 0.05) is 9.50 Å². The Bertz CT molecular complexity index is 464. The molecule has 1 atom stereocenters. The van der Waals surface area contributed by atoms with E-state index in [1.807, 2.05) is 6.07 Å². The van der Waals surface area contributed by atoms with E-state index in [2.05, 4.69) is 46.4 Å². The topological polar surface area (TPSA) is 12.0 Å². The maximum atomic E-state index is 6.25. The van der Waals surface area contributed by atoms with Crippen LogP contribution in [0.3, 0.4) is 0 Å². The SMILES string of the molecule is CCCNC(/C1=C/CCCCCC1)c1cc(Cl)cc(Br)c1. The fourth-order valence-electron chi connectivity index (χ4n) is 2.97. The number of allylic oxidation sites excluding steroid dienone is 1. The van der Waals surface area contributed by atoms with Gasteiger partial charge < -0.3 is 5.32 Å². The van der Waals surface area contributed by atoms with Gasteiger partial charge in [-0.3, -0.25) is 0 Å². The van der Waals surface area contributed by atoms with E-state index in [0.29, 0.717) is 6.04 Å². The monoisotopic (exact) mass is 369 g/mol. The maximum Gasteiger partial charge on any atom is 0.0536 e. The second-order valence-electron chi connectivity index (χ2n) is 5.82. The standard InChI is InChI=1S/C18H25BrClN/c1-2-10-21-18(14-8-6-4-3-5-7-9-14)15-11-16(19)13-17(20)12-15/h8,11-13,18,21H,2-7,9-10H2,1H3/b14-8+. The zero-order chi connectivity index (χ0) is 15.1. The van der Waals surface area contributed by atoms with Crippen LogP contribution in [0.4, 0.5) is 0 Å². The summed E-state index contributed by atoms with van der Waals surface area (Å²) in [5, 5.41) is 4.51. The van der Waals surface area contributed by atoms with Crippen LogP contribution in [0.25, 0.3) is 0 Å². The summed E-state index contributed by atoms with van der Waals surface area (Å²) >= 11 is 9.82. The van der Waals surface area contributed by atoms with Gasteiger partial charge in [-0.15, -0.1) is 0 Å². The van der Waals surface area contributed by atoms with Crippen LogP contribution in [-0.2, 0) is 0 Å². The lowest BCUT2D eigenvalue weighted by Crippen LogP contribution is -2.24. The highest BCUT2D eigenvalue weighted by molar-refractivity contribution is 9.10. The summed E-state index contributed by atoms with van der Waals surface area (Å²) in [7, 11) is 0. The number of halogens is 2. The van der Waals surface area contributed by atoms with Crippen LogP contribution < -0.4 is 5.32 Å². The molecule has 2 rings (SSSR count). The minimum absolute atomic E-state index is 0.304. The molecule has 1 nitrogen and oxygen atoms in total. The average molecular weight is 371 g/mol. The van der Waals surface area contributed by atoms with Crippen molar-refractivity contribution in [3.05, 3.63) is 44.9 Å². The molecule has 0 bridgehead atoms. The highest BCUT2D eigenvalue weighted by Crippen LogP contribution is 2.32. The number of benzene rings is 1. The quantitative estimate of drug-likeness (QED) is 0.589. The van der Waals surface area contributed by atoms with Crippen molar-refractivity contribution >= 4 is 27.5 Å². The van der Waals surface area contributed by atoms with Crippen LogP contribution >= 0.6 is 27.5 Å². The average Bonchev–Trinajstić information content (AvgIpc) is 2.39. The molecule has 0 saturated heterocycles. The summed E-state index contributed by atoms with van der Waals surface area (Å²) in [5.41, 5.74) is 2.81. The summed E-state index contributed by atoms with van der Waals surface area (Å²) in [6.07, 6.45) is 11.4. The number of hydrogen-bond donors (Lipinski definition) is 1. The largest absolute Gasteiger partial charge is 0.307 e. The van der Waals surface area contributed by atoms with E-state index in [1.54, 1.807) is 0 Å². The molecule has 0 amide bonds. The molecule has 21 heavy (non-hydrogen) atoms. The molecule has 0 heterocycles. The Morgan fingerprint density at radius 1 is 1.19 bits per heavy atom. The van der Waals surface area contributed by atoms with Gasteiger partial charge in [0.15, 0.2) is 0 Å². The van der Waals surface area contributed by atoms with Crippen molar-refractivity contribution in [1.29, 1.82) is 0 Å². The van der Waals surface area contributed by atoms with Crippen molar-refractivity contribution in [2.45, 2.75) is 57.9 Å². The zero-order valence-electron chi connectivity index (χ0n) is 12.8. The fourth-order valence-corrected chi connectivity index (χ4v) is 3.86. The van der Waals surface area contributed by atoms with Crippen LogP contribution in [0.2, 0.25) is 5.02 Å². The summed E-state index contributed by atoms with van der Waals surface area (Å²) < 4.78 is 1.06. The first-order valence-electron chi connectivity index (χ1n) is 8.09. The van der Waals surface area contributed by atoms with Crippen molar-refractivity contribution in [3.8, 4) is 0 Å². The summed E-state index contributed by atoms with van der Waals surface area (Å²) in [6, 6.07) is 6.55. The highest BCUT2D eigenvalue weighted by atomic mass is 79.9. The van der Waals surface area contributed by atoms with Gasteiger partial charge in [0.1, 0.15) is 0 Å². The van der Waals surface area contributed by atoms with Crippen LogP contribution in [0.5, 0.6) is 0 Å². The molecule has 1 aliphatic rings. The Morgan fingerprint density at radius 2 is 2.00 bits per heavy atom. The van der Waals surface area contributed by atoms with Gasteiger partial charge >= 0.3 is 0 Å². The van der Waals surface area contributed by atoms with Crippen molar-refractivity contribution < 1.29 is 0 Å². The lowest BCUT2D eigenvalue weighted by molar-refractivity contribution is 0.540. The third-order valence-electron chi connectivity index (χ3n) is 4.01. The molecule has 116 valence electrons. The molecule has 3 heteroatoms. The molecule has 1 aromatic rings. The summed E-state index contributed by atoms with van der Waals surface area (Å²) in [5.74, 6) is 0. The first-order chi connectivity index (χ1) is 10.2. The van der Waals surface area contributed by atoms with E-state index >= 15 is 0 Å². The number of hydrogen-bond acceptors (Lipinski definition) is 1. The third-order valence-corrected chi connectivity index (χ3v) is 4.69. The predicted octanol–water partition coefficient (Wildman–Crippen LogP) is 6.42. The van der Waals surface area contributed by atoms with Gasteiger partial charge in [-0.25, -0.2) is 0 Å². The lowest BCUT2D eigenvalue weighted by atomic mass is 9.91. The molecule has 1 aromatic carbocycles. The van der Waals surface area contributed by atoms with E-state index < -0.39 is 0 Å². The third kappa shape index (κ3) is 5.43. The minimum atomic E-state index is 0.304. The van der Waals surface area contributed by atoms with Gasteiger partial charge in [0.2, 0.25) is 0 Å². The molecule has 0 aliphatic heterocycles. The van der Waals surface area contributed by atoms with Crippen LogP contribution in [0.15, 0.2) is 34.3 Å². The summed E-state index contributed by atoms with van der Waals surface area (Å²) in [6.45, 7) is 3.25. The predicted molar refractivity (Wildman–Crippen MR) is 96.0 cm³/mol. The Hall–Kier alpha value is -0.310. The molecule has 0 fully saturated rings. The molecule has 0 radical (unpaired) electrons. The van der Waals surface area contributed by atoms with E-state index in [9.17, 15) is 0 Å². The first-order valence-corrected chi connectivity index (χ1v) is 9.26. The molecule has 0 aromatic heterocycles. The number of rotatable bonds is 5. The Kier molecular flexibility index (Phi) is 7.28. The molecule has 0 saturated carbocycles. The van der Waals surface area contributed by atoms with Gasteiger partial charge in [0.05, 0.1) is 6.04 Å². The Morgan fingerprint density at radius 3 is 2.76 bits per heavy atom. The zero-order valence-corrected chi connectivity index (χ0v) is 15.1. The van der Waals surface area contributed by atoms with Crippen LogP contribution in [0.1, 0.15) is 63.5 Å². The van der Waals surface area contributed by atoms with Crippen molar-refractivity contribution in [3.63, 3.8) is 0 Å². The van der Waals surface area contributed by atoms with Crippen LogP contribution in [0, 0.1) is 0 Å². The van der Waals surface area contributed by atoms with Gasteiger partial charge in [-0.1, -0.05) is 58.9 Å². The van der Waals surface area contributed by atoms with E-state index in [0.717, 1.165) is 22.5 Å². The lowest BCUT2D eigenvalue weighted by Gasteiger charge is -2.24. The van der Waals surface area contributed by atoms with Crippen LogP contribution in [-0.4, -0.2) is 6.54 Å². The Labute approximate surface area is 142 Å². The van der Waals surface area contributed by atoms with Gasteiger partial charge in [0.25, 0.3) is 0 Å². The molecular formula is C18H25BrClN. The van der Waals surface area contributed by atoms with E-state index in [-0.39, 0.29) is 0 Å². The molecule has 1 unspecified atom stereocenters. The number of nitrogens with one attached hydrogen (secondary N) is 1. The van der Waals surface area contributed by atoms with Crippen molar-refractivity contribution in [2.24, 2.45) is 0 Å². The fraction of sp³-hybridized carbons (Fsp3) is 0.556. The highest BCUT2D eigenvalue weighted by Gasteiger charge is 2.17. The Balaban J connectivity index is 2.27. The molecular weight excluding hydrogens is 346 g/mol. The summed E-state index contributed by atoms with van der Waals surface area (Å²) in [4.78, 5) is 0. The smallest absolute Gasteiger partial charge is 0.0536 e.